The van der Waals surface area contributed by atoms with Gasteiger partial charge in [0, 0.05) is 25.2 Å². The summed E-state index contributed by atoms with van der Waals surface area (Å²) in [6.07, 6.45) is 1.53. The van der Waals surface area contributed by atoms with Gasteiger partial charge in [-0.1, -0.05) is 30.3 Å². The molecule has 9 heteroatoms. The minimum atomic E-state index is -3.58. The summed E-state index contributed by atoms with van der Waals surface area (Å²) in [4.78, 5) is 24.1. The van der Waals surface area contributed by atoms with E-state index in [1.165, 1.54) is 34.1 Å². The minimum absolute atomic E-state index is 0.00858. The molecule has 1 heterocycles. The molecule has 0 saturated carbocycles. The third-order valence-corrected chi connectivity index (χ3v) is 6.93. The number of hydrogen-bond acceptors (Lipinski definition) is 6. The molecule has 172 valence electrons. The van der Waals surface area contributed by atoms with Crippen LogP contribution in [0.1, 0.15) is 24.8 Å². The lowest BCUT2D eigenvalue weighted by Crippen LogP contribution is -2.40. The molecule has 8 nitrogen and oxygen atoms in total. The van der Waals surface area contributed by atoms with Gasteiger partial charge < -0.3 is 14.8 Å². The molecule has 0 aliphatic carbocycles. The van der Waals surface area contributed by atoms with Crippen LogP contribution in [0, 0.1) is 0 Å². The van der Waals surface area contributed by atoms with Gasteiger partial charge >= 0.3 is 5.97 Å². The number of carbonyl (C=O) groups is 2. The average molecular weight is 461 g/mol. The van der Waals surface area contributed by atoms with Crippen LogP contribution in [-0.4, -0.2) is 57.5 Å². The number of amides is 1. The Morgan fingerprint density at radius 3 is 2.34 bits per heavy atom. The van der Waals surface area contributed by atoms with Crippen LogP contribution in [0.3, 0.4) is 0 Å². The monoisotopic (exact) mass is 460 g/mol. The number of hydrogen-bond donors (Lipinski definition) is 1. The Kier molecular flexibility index (Phi) is 8.78. The largest absolute Gasteiger partial charge is 0.466 e. The average Bonchev–Trinajstić information content (AvgIpc) is 2.82. The Morgan fingerprint density at radius 1 is 0.969 bits per heavy atom. The van der Waals surface area contributed by atoms with Crippen LogP contribution in [-0.2, 0) is 35.5 Å². The summed E-state index contributed by atoms with van der Waals surface area (Å²) in [7, 11) is -3.58. The van der Waals surface area contributed by atoms with Crippen molar-refractivity contribution in [1.29, 1.82) is 0 Å². The third-order valence-electron chi connectivity index (χ3n) is 5.02. The zero-order valence-corrected chi connectivity index (χ0v) is 18.7. The number of carbonyl (C=O) groups excluding carboxylic acids is 2. The molecule has 0 bridgehead atoms. The SMILES string of the molecule is O=C(CCC(=O)OCCCc1ccccc1)Nc1ccc(S(=O)(=O)N2CCOCC2)cc1. The second kappa shape index (κ2) is 11.8. The maximum absolute atomic E-state index is 12.6. The van der Waals surface area contributed by atoms with Gasteiger partial charge in [0.05, 0.1) is 31.1 Å². The van der Waals surface area contributed by atoms with E-state index >= 15 is 0 Å². The van der Waals surface area contributed by atoms with E-state index in [1.807, 2.05) is 30.3 Å². The highest BCUT2D eigenvalue weighted by Crippen LogP contribution is 2.19. The molecule has 1 N–H and O–H groups in total. The summed E-state index contributed by atoms with van der Waals surface area (Å²) in [5, 5.41) is 2.67. The number of morpholine rings is 1. The van der Waals surface area contributed by atoms with Crippen molar-refractivity contribution in [3.05, 3.63) is 60.2 Å². The molecule has 1 saturated heterocycles. The number of ether oxygens (including phenoxy) is 2. The Labute approximate surface area is 188 Å². The second-order valence-corrected chi connectivity index (χ2v) is 9.34. The first-order chi connectivity index (χ1) is 15.4. The van der Waals surface area contributed by atoms with Crippen LogP contribution in [0.5, 0.6) is 0 Å². The Hall–Kier alpha value is -2.75. The summed E-state index contributed by atoms with van der Waals surface area (Å²) in [6.45, 7) is 1.71. The molecular formula is C23H28N2O6S. The second-order valence-electron chi connectivity index (χ2n) is 7.40. The molecule has 0 radical (unpaired) electrons. The topological polar surface area (TPSA) is 102 Å². The Balaban J connectivity index is 1.37. The van der Waals surface area contributed by atoms with Gasteiger partial charge in [-0.3, -0.25) is 9.59 Å². The highest BCUT2D eigenvalue weighted by molar-refractivity contribution is 7.89. The van der Waals surface area contributed by atoms with Crippen LogP contribution in [0.4, 0.5) is 5.69 Å². The molecule has 0 spiro atoms. The van der Waals surface area contributed by atoms with Gasteiger partial charge in [0.2, 0.25) is 15.9 Å². The summed E-state index contributed by atoms with van der Waals surface area (Å²) < 4.78 is 37.0. The fourth-order valence-electron chi connectivity index (χ4n) is 3.26. The number of nitrogens with zero attached hydrogens (tertiary/aromatic N) is 1. The van der Waals surface area contributed by atoms with Crippen molar-refractivity contribution < 1.29 is 27.5 Å². The van der Waals surface area contributed by atoms with Crippen molar-refractivity contribution >= 4 is 27.6 Å². The lowest BCUT2D eigenvalue weighted by Gasteiger charge is -2.26. The van der Waals surface area contributed by atoms with E-state index in [1.54, 1.807) is 0 Å². The summed E-state index contributed by atoms with van der Waals surface area (Å²) in [6, 6.07) is 15.9. The lowest BCUT2D eigenvalue weighted by molar-refractivity contribution is -0.144. The van der Waals surface area contributed by atoms with Gasteiger partial charge in [0.25, 0.3) is 0 Å². The van der Waals surface area contributed by atoms with Crippen LogP contribution >= 0.6 is 0 Å². The van der Waals surface area contributed by atoms with E-state index in [9.17, 15) is 18.0 Å². The number of benzene rings is 2. The van der Waals surface area contributed by atoms with E-state index in [-0.39, 0.29) is 23.6 Å². The van der Waals surface area contributed by atoms with Gasteiger partial charge in [-0.2, -0.15) is 4.31 Å². The first kappa shape index (κ1) is 23.9. The third kappa shape index (κ3) is 7.15. The van der Waals surface area contributed by atoms with Crippen molar-refractivity contribution in [3.63, 3.8) is 0 Å². The van der Waals surface area contributed by atoms with Crippen LogP contribution < -0.4 is 5.32 Å². The molecule has 32 heavy (non-hydrogen) atoms. The molecule has 1 aliphatic heterocycles. The highest BCUT2D eigenvalue weighted by Gasteiger charge is 2.26. The molecule has 1 amide bonds. The molecular weight excluding hydrogens is 432 g/mol. The Morgan fingerprint density at radius 2 is 1.66 bits per heavy atom. The summed E-state index contributed by atoms with van der Waals surface area (Å²) >= 11 is 0. The van der Waals surface area contributed by atoms with E-state index < -0.39 is 16.0 Å². The molecule has 1 aliphatic rings. The van der Waals surface area contributed by atoms with Gasteiger partial charge in [0.1, 0.15) is 0 Å². The van der Waals surface area contributed by atoms with E-state index in [2.05, 4.69) is 5.32 Å². The van der Waals surface area contributed by atoms with Crippen molar-refractivity contribution in [3.8, 4) is 0 Å². The first-order valence-corrected chi connectivity index (χ1v) is 12.1. The van der Waals surface area contributed by atoms with E-state index in [4.69, 9.17) is 9.47 Å². The molecule has 0 atom stereocenters. The standard InChI is InChI=1S/C23H28N2O6S/c26-22(12-13-23(27)31-16-4-7-19-5-2-1-3-6-19)24-20-8-10-21(11-9-20)32(28,29)25-14-17-30-18-15-25/h1-3,5-6,8-11H,4,7,12-18H2,(H,24,26). The number of anilines is 1. The number of sulfonamides is 1. The zero-order valence-electron chi connectivity index (χ0n) is 17.9. The van der Waals surface area contributed by atoms with E-state index in [0.29, 0.717) is 38.6 Å². The van der Waals surface area contributed by atoms with Gasteiger partial charge in [-0.15, -0.1) is 0 Å². The van der Waals surface area contributed by atoms with Crippen LogP contribution in [0.15, 0.2) is 59.5 Å². The first-order valence-electron chi connectivity index (χ1n) is 10.6. The number of aryl methyl sites for hydroxylation is 1. The number of nitrogens with one attached hydrogen (secondary N) is 1. The molecule has 0 aromatic heterocycles. The lowest BCUT2D eigenvalue weighted by atomic mass is 10.1. The van der Waals surface area contributed by atoms with Crippen molar-refractivity contribution in [2.75, 3.05) is 38.2 Å². The fourth-order valence-corrected chi connectivity index (χ4v) is 4.67. The number of esters is 1. The quantitative estimate of drug-likeness (QED) is 0.432. The fraction of sp³-hybridized carbons (Fsp3) is 0.391. The maximum atomic E-state index is 12.6. The molecule has 3 rings (SSSR count). The van der Waals surface area contributed by atoms with Crippen molar-refractivity contribution in [2.24, 2.45) is 0 Å². The molecule has 2 aromatic rings. The normalized spacial score (nSPS) is 14.6. The zero-order chi connectivity index (χ0) is 22.8. The van der Waals surface area contributed by atoms with Gasteiger partial charge in [0.15, 0.2) is 0 Å². The predicted octanol–water partition coefficient (Wildman–Crippen LogP) is 2.60. The molecule has 2 aromatic carbocycles. The van der Waals surface area contributed by atoms with Crippen molar-refractivity contribution in [1.82, 2.24) is 4.31 Å². The van der Waals surface area contributed by atoms with Crippen molar-refractivity contribution in [2.45, 2.75) is 30.6 Å². The summed E-state index contributed by atoms with van der Waals surface area (Å²) in [5.41, 5.74) is 1.65. The number of rotatable bonds is 10. The Bertz CT molecular complexity index is 987. The maximum Gasteiger partial charge on any atom is 0.306 e. The molecule has 1 fully saturated rings. The summed E-state index contributed by atoms with van der Waals surface area (Å²) in [5.74, 6) is -0.754. The predicted molar refractivity (Wildman–Crippen MR) is 120 cm³/mol. The smallest absolute Gasteiger partial charge is 0.306 e. The van der Waals surface area contributed by atoms with Gasteiger partial charge in [-0.25, -0.2) is 8.42 Å². The van der Waals surface area contributed by atoms with E-state index in [0.717, 1.165) is 12.8 Å². The van der Waals surface area contributed by atoms with Gasteiger partial charge in [-0.05, 0) is 42.7 Å². The highest BCUT2D eigenvalue weighted by atomic mass is 32.2. The molecule has 0 unspecified atom stereocenters. The van der Waals surface area contributed by atoms with Crippen LogP contribution in [0.2, 0.25) is 0 Å². The minimum Gasteiger partial charge on any atom is -0.466 e. The van der Waals surface area contributed by atoms with Crippen LogP contribution in [0.25, 0.3) is 0 Å².